The molecule has 0 radical (unpaired) electrons. The Morgan fingerprint density at radius 3 is 2.52 bits per heavy atom. The molecule has 112 valence electrons. The highest BCUT2D eigenvalue weighted by Gasteiger charge is 2.15. The van der Waals surface area contributed by atoms with Crippen molar-refractivity contribution in [3.63, 3.8) is 0 Å². The van der Waals surface area contributed by atoms with E-state index in [-0.39, 0.29) is 0 Å². The fourth-order valence-electron chi connectivity index (χ4n) is 1.77. The molecule has 2 aromatic rings. The average molecular weight is 479 g/mol. The minimum atomic E-state index is 0.619. The highest BCUT2D eigenvalue weighted by Crippen LogP contribution is 2.31. The molecule has 0 fully saturated rings. The van der Waals surface area contributed by atoms with Gasteiger partial charge in [0.1, 0.15) is 11.5 Å². The Labute approximate surface area is 149 Å². The number of hydrogen-bond donors (Lipinski definition) is 1. The Balaban J connectivity index is 2.52. The van der Waals surface area contributed by atoms with Gasteiger partial charge < -0.3 is 5.32 Å². The van der Waals surface area contributed by atoms with Gasteiger partial charge in [0.05, 0.1) is 10.2 Å². The normalized spacial score (nSPS) is 10.7. The topological polar surface area (TPSA) is 50.7 Å². The van der Waals surface area contributed by atoms with Crippen LogP contribution in [0.4, 0.5) is 5.82 Å². The van der Waals surface area contributed by atoms with E-state index >= 15 is 0 Å². The van der Waals surface area contributed by atoms with Crippen molar-refractivity contribution in [1.29, 1.82) is 0 Å². The number of aromatic nitrogens is 3. The lowest BCUT2D eigenvalue weighted by Gasteiger charge is -2.12. The van der Waals surface area contributed by atoms with Crippen LogP contribution in [0.25, 0.3) is 11.5 Å². The number of rotatable bonds is 5. The molecule has 2 aromatic heterocycles. The maximum Gasteiger partial charge on any atom is 0.181 e. The number of halogens is 3. The standard InChI is InChI=1S/C14H15Br3N4/c1-3-5-18-13-11(17)10(4-2)20-14(21-13)12-9(16)6-8(15)7-19-12/h6-7H,3-5H2,1-2H3,(H,18,20,21). The van der Waals surface area contributed by atoms with Crippen molar-refractivity contribution in [2.75, 3.05) is 11.9 Å². The van der Waals surface area contributed by atoms with Gasteiger partial charge >= 0.3 is 0 Å². The van der Waals surface area contributed by atoms with Crippen molar-refractivity contribution in [2.45, 2.75) is 26.7 Å². The quantitative estimate of drug-likeness (QED) is 0.641. The average Bonchev–Trinajstić information content (AvgIpc) is 2.46. The van der Waals surface area contributed by atoms with Gasteiger partial charge in [0.15, 0.2) is 5.82 Å². The van der Waals surface area contributed by atoms with Crippen LogP contribution in [0.3, 0.4) is 0 Å². The summed E-state index contributed by atoms with van der Waals surface area (Å²) < 4.78 is 2.70. The molecule has 1 N–H and O–H groups in total. The first-order chi connectivity index (χ1) is 10.1. The van der Waals surface area contributed by atoms with Gasteiger partial charge in [-0.1, -0.05) is 13.8 Å². The van der Waals surface area contributed by atoms with Gasteiger partial charge in [0.25, 0.3) is 0 Å². The van der Waals surface area contributed by atoms with Gasteiger partial charge in [-0.3, -0.25) is 4.98 Å². The van der Waals surface area contributed by atoms with E-state index in [1.807, 2.05) is 6.07 Å². The fraction of sp³-hybridized carbons (Fsp3) is 0.357. The molecule has 0 saturated heterocycles. The zero-order chi connectivity index (χ0) is 15.4. The Kier molecular flexibility index (Phi) is 6.13. The van der Waals surface area contributed by atoms with E-state index in [0.717, 1.165) is 50.0 Å². The van der Waals surface area contributed by atoms with Gasteiger partial charge in [-0.25, -0.2) is 9.97 Å². The molecule has 2 heterocycles. The lowest BCUT2D eigenvalue weighted by atomic mass is 10.2. The Hall–Kier alpha value is -0.530. The number of nitrogens with zero attached hydrogens (tertiary/aromatic N) is 3. The van der Waals surface area contributed by atoms with E-state index in [2.05, 4.69) is 81.9 Å². The maximum absolute atomic E-state index is 4.61. The number of pyridine rings is 1. The molecule has 0 spiro atoms. The van der Waals surface area contributed by atoms with Gasteiger partial charge in [0.2, 0.25) is 0 Å². The van der Waals surface area contributed by atoms with E-state index in [1.54, 1.807) is 6.20 Å². The summed E-state index contributed by atoms with van der Waals surface area (Å²) in [6.07, 6.45) is 3.61. The van der Waals surface area contributed by atoms with Crippen LogP contribution in [0.15, 0.2) is 25.7 Å². The monoisotopic (exact) mass is 476 g/mol. The molecule has 4 nitrogen and oxygen atoms in total. The second-order valence-electron chi connectivity index (χ2n) is 4.42. The first-order valence-corrected chi connectivity index (χ1v) is 9.06. The zero-order valence-corrected chi connectivity index (χ0v) is 16.5. The minimum Gasteiger partial charge on any atom is -0.369 e. The molecule has 0 aromatic carbocycles. The van der Waals surface area contributed by atoms with Crippen LogP contribution in [-0.2, 0) is 6.42 Å². The summed E-state index contributed by atoms with van der Waals surface area (Å²) in [7, 11) is 0. The molecule has 7 heteroatoms. The summed E-state index contributed by atoms with van der Waals surface area (Å²) in [4.78, 5) is 13.6. The lowest BCUT2D eigenvalue weighted by Crippen LogP contribution is -2.07. The Bertz CT molecular complexity index is 646. The fourth-order valence-corrected chi connectivity index (χ4v) is 3.54. The zero-order valence-electron chi connectivity index (χ0n) is 11.8. The summed E-state index contributed by atoms with van der Waals surface area (Å²) in [5, 5.41) is 3.33. The predicted octanol–water partition coefficient (Wildman–Crippen LogP) is 5.21. The predicted molar refractivity (Wildman–Crippen MR) is 96.5 cm³/mol. The summed E-state index contributed by atoms with van der Waals surface area (Å²) in [6.45, 7) is 5.06. The van der Waals surface area contributed by atoms with Gasteiger partial charge in [-0.2, -0.15) is 0 Å². The molecular weight excluding hydrogens is 464 g/mol. The van der Waals surface area contributed by atoms with Crippen LogP contribution in [0.2, 0.25) is 0 Å². The molecule has 2 rings (SSSR count). The molecule has 0 amide bonds. The molecule has 0 atom stereocenters. The van der Waals surface area contributed by atoms with Gasteiger partial charge in [0, 0.05) is 21.7 Å². The first-order valence-electron chi connectivity index (χ1n) is 6.68. The van der Waals surface area contributed by atoms with Crippen molar-refractivity contribution in [1.82, 2.24) is 15.0 Å². The van der Waals surface area contributed by atoms with Crippen molar-refractivity contribution >= 4 is 53.6 Å². The number of anilines is 1. The van der Waals surface area contributed by atoms with Crippen LogP contribution in [-0.4, -0.2) is 21.5 Å². The van der Waals surface area contributed by atoms with Crippen LogP contribution in [0.5, 0.6) is 0 Å². The largest absolute Gasteiger partial charge is 0.369 e. The molecule has 0 aliphatic heterocycles. The highest BCUT2D eigenvalue weighted by atomic mass is 79.9. The van der Waals surface area contributed by atoms with Crippen molar-refractivity contribution in [3.8, 4) is 11.5 Å². The molecule has 0 bridgehead atoms. The number of aryl methyl sites for hydroxylation is 1. The minimum absolute atomic E-state index is 0.619. The highest BCUT2D eigenvalue weighted by molar-refractivity contribution is 9.11. The van der Waals surface area contributed by atoms with Crippen molar-refractivity contribution in [3.05, 3.63) is 31.4 Å². The van der Waals surface area contributed by atoms with E-state index in [0.29, 0.717) is 5.82 Å². The van der Waals surface area contributed by atoms with E-state index in [9.17, 15) is 0 Å². The SMILES string of the molecule is CCCNc1nc(-c2ncc(Br)cc2Br)nc(CC)c1Br. The third-order valence-corrected chi connectivity index (χ3v) is 4.69. The van der Waals surface area contributed by atoms with Crippen molar-refractivity contribution < 1.29 is 0 Å². The lowest BCUT2D eigenvalue weighted by molar-refractivity contribution is 0.940. The summed E-state index contributed by atoms with van der Waals surface area (Å²) in [6, 6.07) is 1.94. The van der Waals surface area contributed by atoms with Crippen molar-refractivity contribution in [2.24, 2.45) is 0 Å². The first kappa shape index (κ1) is 16.8. The van der Waals surface area contributed by atoms with Gasteiger partial charge in [-0.05, 0) is 66.7 Å². The molecule has 0 unspecified atom stereocenters. The van der Waals surface area contributed by atoms with Crippen LogP contribution in [0.1, 0.15) is 26.0 Å². The maximum atomic E-state index is 4.61. The van der Waals surface area contributed by atoms with Gasteiger partial charge in [-0.15, -0.1) is 0 Å². The van der Waals surface area contributed by atoms with E-state index < -0.39 is 0 Å². The van der Waals surface area contributed by atoms with Crippen LogP contribution in [0, 0.1) is 0 Å². The number of hydrogen-bond acceptors (Lipinski definition) is 4. The third kappa shape index (κ3) is 4.02. The second-order valence-corrected chi connectivity index (χ2v) is 6.98. The Morgan fingerprint density at radius 1 is 1.14 bits per heavy atom. The van der Waals surface area contributed by atoms with E-state index in [4.69, 9.17) is 0 Å². The van der Waals surface area contributed by atoms with Crippen LogP contribution >= 0.6 is 47.8 Å². The molecule has 0 aliphatic rings. The molecule has 21 heavy (non-hydrogen) atoms. The van der Waals surface area contributed by atoms with Crippen LogP contribution < -0.4 is 5.32 Å². The van der Waals surface area contributed by atoms with E-state index in [1.165, 1.54) is 0 Å². The summed E-state index contributed by atoms with van der Waals surface area (Å²) in [5.41, 5.74) is 1.70. The summed E-state index contributed by atoms with van der Waals surface area (Å²) >= 11 is 10.5. The molecular formula is C14H15Br3N4. The smallest absolute Gasteiger partial charge is 0.181 e. The molecule has 0 saturated carbocycles. The summed E-state index contributed by atoms with van der Waals surface area (Å²) in [5.74, 6) is 1.43. The Morgan fingerprint density at radius 2 is 1.90 bits per heavy atom. The molecule has 0 aliphatic carbocycles. The third-order valence-electron chi connectivity index (χ3n) is 2.82. The number of nitrogens with one attached hydrogen (secondary N) is 1. The second kappa shape index (κ2) is 7.65.